The third-order valence-electron chi connectivity index (χ3n) is 3.58. The summed E-state index contributed by atoms with van der Waals surface area (Å²) < 4.78 is 41.0. The van der Waals surface area contributed by atoms with E-state index in [2.05, 4.69) is 15.5 Å². The summed E-state index contributed by atoms with van der Waals surface area (Å²) >= 11 is 5.69. The second-order valence-electron chi connectivity index (χ2n) is 5.12. The van der Waals surface area contributed by atoms with Gasteiger partial charge >= 0.3 is 6.18 Å². The normalized spacial score (nSPS) is 13.2. The first-order valence-corrected chi connectivity index (χ1v) is 7.03. The van der Waals surface area contributed by atoms with Crippen LogP contribution in [0.4, 0.5) is 18.9 Å². The van der Waals surface area contributed by atoms with Gasteiger partial charge in [0.1, 0.15) is 6.04 Å². The lowest BCUT2D eigenvalue weighted by Crippen LogP contribution is -2.25. The van der Waals surface area contributed by atoms with Crippen LogP contribution in [-0.4, -0.2) is 25.5 Å². The zero-order chi connectivity index (χ0) is 17.5. The topological polar surface area (TPSA) is 64.7 Å². The highest BCUT2D eigenvalue weighted by molar-refractivity contribution is 6.32. The van der Waals surface area contributed by atoms with Crippen molar-refractivity contribution in [2.24, 2.45) is 7.05 Å². The van der Waals surface area contributed by atoms with Crippen molar-refractivity contribution in [3.05, 3.63) is 28.3 Å². The van der Waals surface area contributed by atoms with Crippen molar-refractivity contribution in [2.45, 2.75) is 33.0 Å². The molecule has 0 aromatic carbocycles. The molecule has 0 saturated heterocycles. The van der Waals surface area contributed by atoms with E-state index in [1.165, 1.54) is 20.0 Å². The molecule has 0 aliphatic heterocycles. The van der Waals surface area contributed by atoms with Crippen LogP contribution in [0.5, 0.6) is 0 Å². The molecular formula is C13H15ClF3N5O. The number of anilines is 1. The number of hydrogen-bond acceptors (Lipinski definition) is 3. The molecule has 126 valence electrons. The first-order valence-electron chi connectivity index (χ1n) is 6.65. The van der Waals surface area contributed by atoms with Crippen molar-refractivity contribution in [1.29, 1.82) is 0 Å². The number of aryl methyl sites for hydroxylation is 1. The van der Waals surface area contributed by atoms with E-state index in [-0.39, 0.29) is 5.69 Å². The van der Waals surface area contributed by atoms with Crippen LogP contribution < -0.4 is 5.32 Å². The van der Waals surface area contributed by atoms with Gasteiger partial charge in [0.2, 0.25) is 5.91 Å². The Kier molecular flexibility index (Phi) is 4.43. The molecule has 0 aliphatic rings. The van der Waals surface area contributed by atoms with E-state index in [9.17, 15) is 18.0 Å². The maximum atomic E-state index is 12.8. The number of amides is 1. The Morgan fingerprint density at radius 1 is 1.35 bits per heavy atom. The number of carbonyl (C=O) groups excluding carboxylic acids is 1. The Labute approximate surface area is 135 Å². The van der Waals surface area contributed by atoms with E-state index in [1.54, 1.807) is 18.7 Å². The lowest BCUT2D eigenvalue weighted by atomic mass is 10.3. The SMILES string of the molecule is Cc1c(NC(=O)[C@H](C)n2nc(C(F)(F)F)c(Cl)c2C)cnn1C. The number of aromatic nitrogens is 4. The third kappa shape index (κ3) is 3.19. The van der Waals surface area contributed by atoms with Gasteiger partial charge in [0.25, 0.3) is 0 Å². The number of hydrogen-bond donors (Lipinski definition) is 1. The van der Waals surface area contributed by atoms with Crippen molar-refractivity contribution in [2.75, 3.05) is 5.32 Å². The first-order chi connectivity index (χ1) is 10.5. The van der Waals surface area contributed by atoms with Crippen molar-refractivity contribution < 1.29 is 18.0 Å². The number of carbonyl (C=O) groups is 1. The maximum absolute atomic E-state index is 12.8. The highest BCUT2D eigenvalue weighted by Crippen LogP contribution is 2.36. The summed E-state index contributed by atoms with van der Waals surface area (Å²) in [5, 5.41) is 9.54. The number of alkyl halides is 3. The minimum atomic E-state index is -4.68. The lowest BCUT2D eigenvalue weighted by molar-refractivity contribution is -0.141. The quantitative estimate of drug-likeness (QED) is 0.926. The predicted molar refractivity (Wildman–Crippen MR) is 78.3 cm³/mol. The molecule has 1 N–H and O–H groups in total. The van der Waals surface area contributed by atoms with Gasteiger partial charge in [-0.05, 0) is 20.8 Å². The number of nitrogens with zero attached hydrogens (tertiary/aromatic N) is 4. The van der Waals surface area contributed by atoms with E-state index in [0.717, 1.165) is 10.4 Å². The number of nitrogens with one attached hydrogen (secondary N) is 1. The minimum absolute atomic E-state index is 0.0737. The molecule has 23 heavy (non-hydrogen) atoms. The van der Waals surface area contributed by atoms with Gasteiger partial charge in [0, 0.05) is 7.05 Å². The predicted octanol–water partition coefficient (Wildman–Crippen LogP) is 3.11. The van der Waals surface area contributed by atoms with E-state index in [0.29, 0.717) is 5.69 Å². The fourth-order valence-corrected chi connectivity index (χ4v) is 2.26. The molecular weight excluding hydrogens is 335 g/mol. The van der Waals surface area contributed by atoms with E-state index in [4.69, 9.17) is 11.6 Å². The van der Waals surface area contributed by atoms with Crippen LogP contribution in [0.15, 0.2) is 6.20 Å². The van der Waals surface area contributed by atoms with Gasteiger partial charge < -0.3 is 5.32 Å². The maximum Gasteiger partial charge on any atom is 0.436 e. The Bertz CT molecular complexity index is 750. The summed E-state index contributed by atoms with van der Waals surface area (Å²) in [7, 11) is 1.71. The highest BCUT2D eigenvalue weighted by atomic mass is 35.5. The molecule has 2 rings (SSSR count). The Morgan fingerprint density at radius 3 is 2.39 bits per heavy atom. The van der Waals surface area contributed by atoms with Crippen LogP contribution in [0.25, 0.3) is 0 Å². The molecule has 10 heteroatoms. The molecule has 0 bridgehead atoms. The second kappa shape index (κ2) is 5.88. The van der Waals surface area contributed by atoms with Crippen LogP contribution in [0.3, 0.4) is 0 Å². The third-order valence-corrected chi connectivity index (χ3v) is 4.04. The van der Waals surface area contributed by atoms with Crippen LogP contribution >= 0.6 is 11.6 Å². The van der Waals surface area contributed by atoms with Gasteiger partial charge in [0.15, 0.2) is 5.69 Å². The van der Waals surface area contributed by atoms with Crippen LogP contribution in [0, 0.1) is 13.8 Å². The number of rotatable bonds is 3. The zero-order valence-electron chi connectivity index (χ0n) is 12.9. The fraction of sp³-hybridized carbons (Fsp3) is 0.462. The van der Waals surface area contributed by atoms with Crippen LogP contribution in [0.1, 0.15) is 30.0 Å². The minimum Gasteiger partial charge on any atom is -0.321 e. The van der Waals surface area contributed by atoms with Crippen LogP contribution in [-0.2, 0) is 18.0 Å². The summed E-state index contributed by atoms with van der Waals surface area (Å²) in [5.41, 5.74) is 0.0754. The average molecular weight is 350 g/mol. The first kappa shape index (κ1) is 17.3. The standard InChI is InChI=1S/C13H15ClF3N5O/c1-6-9(5-18-21(6)4)19-12(23)8(3)22-7(2)10(14)11(20-22)13(15,16)17/h5,8H,1-4H3,(H,19,23)/t8-/m0/s1. The summed E-state index contributed by atoms with van der Waals surface area (Å²) in [6, 6.07) is -0.969. The molecule has 1 atom stereocenters. The van der Waals surface area contributed by atoms with Gasteiger partial charge in [-0.25, -0.2) is 0 Å². The molecule has 1 amide bonds. The summed E-state index contributed by atoms with van der Waals surface area (Å²) in [6.07, 6.45) is -3.22. The molecule has 0 saturated carbocycles. The molecule has 6 nitrogen and oxygen atoms in total. The zero-order valence-corrected chi connectivity index (χ0v) is 13.6. The Balaban J connectivity index is 2.28. The molecule has 0 unspecified atom stereocenters. The molecule has 2 aromatic rings. The van der Waals surface area contributed by atoms with Crippen LogP contribution in [0.2, 0.25) is 5.02 Å². The van der Waals surface area contributed by atoms with Gasteiger partial charge in [-0.1, -0.05) is 11.6 Å². The van der Waals surface area contributed by atoms with Gasteiger partial charge in [-0.3, -0.25) is 14.2 Å². The van der Waals surface area contributed by atoms with Gasteiger partial charge in [0.05, 0.1) is 28.3 Å². The fourth-order valence-electron chi connectivity index (χ4n) is 2.03. The lowest BCUT2D eigenvalue weighted by Gasteiger charge is -2.14. The van der Waals surface area contributed by atoms with Gasteiger partial charge in [-0.15, -0.1) is 0 Å². The van der Waals surface area contributed by atoms with Crippen molar-refractivity contribution in [3.8, 4) is 0 Å². The monoisotopic (exact) mass is 349 g/mol. The number of halogens is 4. The molecule has 2 aromatic heterocycles. The molecule has 0 aliphatic carbocycles. The average Bonchev–Trinajstić information content (AvgIpc) is 2.93. The molecule has 2 heterocycles. The van der Waals surface area contributed by atoms with E-state index in [1.807, 2.05) is 0 Å². The summed E-state index contributed by atoms with van der Waals surface area (Å²) in [5.74, 6) is -0.517. The Hall–Kier alpha value is -2.03. The van der Waals surface area contributed by atoms with Crippen molar-refractivity contribution in [3.63, 3.8) is 0 Å². The Morgan fingerprint density at radius 2 is 1.96 bits per heavy atom. The van der Waals surface area contributed by atoms with Gasteiger partial charge in [-0.2, -0.15) is 23.4 Å². The molecule has 0 radical (unpaired) electrons. The largest absolute Gasteiger partial charge is 0.436 e. The summed E-state index contributed by atoms with van der Waals surface area (Å²) in [4.78, 5) is 12.3. The van der Waals surface area contributed by atoms with E-state index >= 15 is 0 Å². The van der Waals surface area contributed by atoms with Crippen molar-refractivity contribution in [1.82, 2.24) is 19.6 Å². The highest BCUT2D eigenvalue weighted by Gasteiger charge is 2.39. The molecule has 0 spiro atoms. The van der Waals surface area contributed by atoms with Crippen molar-refractivity contribution >= 4 is 23.2 Å². The second-order valence-corrected chi connectivity index (χ2v) is 5.50. The smallest absolute Gasteiger partial charge is 0.321 e. The molecule has 0 fully saturated rings. The summed E-state index contributed by atoms with van der Waals surface area (Å²) in [6.45, 7) is 4.58. The van der Waals surface area contributed by atoms with E-state index < -0.39 is 28.8 Å².